The van der Waals surface area contributed by atoms with Crippen molar-refractivity contribution in [1.82, 2.24) is 0 Å². The molecule has 0 saturated carbocycles. The first-order chi connectivity index (χ1) is 12.4. The van der Waals surface area contributed by atoms with Crippen LogP contribution in [-0.4, -0.2) is 34.2 Å². The fraction of sp³-hybridized carbons (Fsp3) is 0.278. The molecule has 0 atom stereocenters. The predicted octanol–water partition coefficient (Wildman–Crippen LogP) is 2.83. The third-order valence-electron chi connectivity index (χ3n) is 3.21. The van der Waals surface area contributed by atoms with Gasteiger partial charge in [0.25, 0.3) is 10.0 Å². The minimum absolute atomic E-state index is 0.0786. The van der Waals surface area contributed by atoms with Crippen molar-refractivity contribution in [1.29, 1.82) is 0 Å². The van der Waals surface area contributed by atoms with Crippen molar-refractivity contribution in [3.05, 3.63) is 48.5 Å². The zero-order valence-electron chi connectivity index (χ0n) is 14.6. The van der Waals surface area contributed by atoms with Crippen LogP contribution in [-0.2, 0) is 19.6 Å². The van der Waals surface area contributed by atoms with Crippen LogP contribution >= 0.6 is 0 Å². The Hall–Kier alpha value is -2.74. The molecular weight excluding hydrogens is 358 g/mol. The zero-order chi connectivity index (χ0) is 19.0. The van der Waals surface area contributed by atoms with E-state index in [9.17, 15) is 13.2 Å². The number of benzene rings is 2. The number of nitrogens with one attached hydrogen (secondary N) is 1. The number of esters is 1. The van der Waals surface area contributed by atoms with Crippen LogP contribution in [0.1, 0.15) is 13.8 Å². The first-order valence-electron chi connectivity index (χ1n) is 8.08. The molecule has 26 heavy (non-hydrogen) atoms. The first kappa shape index (κ1) is 19.6. The Labute approximate surface area is 152 Å². The van der Waals surface area contributed by atoms with E-state index in [0.29, 0.717) is 23.8 Å². The van der Waals surface area contributed by atoms with Crippen molar-refractivity contribution < 1.29 is 27.4 Å². The number of hydrogen-bond acceptors (Lipinski definition) is 6. The van der Waals surface area contributed by atoms with Crippen molar-refractivity contribution in [2.45, 2.75) is 18.7 Å². The van der Waals surface area contributed by atoms with Gasteiger partial charge in [-0.25, -0.2) is 13.2 Å². The molecule has 8 heteroatoms. The Morgan fingerprint density at radius 2 is 1.46 bits per heavy atom. The average molecular weight is 379 g/mol. The van der Waals surface area contributed by atoms with E-state index in [1.165, 1.54) is 24.3 Å². The van der Waals surface area contributed by atoms with Gasteiger partial charge < -0.3 is 14.2 Å². The molecule has 140 valence electrons. The van der Waals surface area contributed by atoms with Crippen LogP contribution in [0.2, 0.25) is 0 Å². The Morgan fingerprint density at radius 1 is 0.885 bits per heavy atom. The summed E-state index contributed by atoms with van der Waals surface area (Å²) >= 11 is 0. The van der Waals surface area contributed by atoms with Gasteiger partial charge in [0.05, 0.1) is 18.1 Å². The molecule has 0 fully saturated rings. The summed E-state index contributed by atoms with van der Waals surface area (Å²) in [6, 6.07) is 12.4. The minimum atomic E-state index is -3.73. The molecule has 0 aliphatic rings. The highest BCUT2D eigenvalue weighted by Crippen LogP contribution is 2.21. The molecule has 0 bridgehead atoms. The van der Waals surface area contributed by atoms with Gasteiger partial charge in [0, 0.05) is 5.69 Å². The normalized spacial score (nSPS) is 10.8. The molecule has 2 aromatic rings. The van der Waals surface area contributed by atoms with Gasteiger partial charge in [0.2, 0.25) is 0 Å². The molecule has 0 aliphatic heterocycles. The maximum Gasteiger partial charge on any atom is 0.344 e. The molecule has 0 unspecified atom stereocenters. The molecular formula is C18H21NO6S. The van der Waals surface area contributed by atoms with Crippen molar-refractivity contribution in [3.63, 3.8) is 0 Å². The summed E-state index contributed by atoms with van der Waals surface area (Å²) in [6.07, 6.45) is 0. The van der Waals surface area contributed by atoms with Gasteiger partial charge in [-0.1, -0.05) is 0 Å². The third kappa shape index (κ3) is 5.66. The number of anilines is 1. The Morgan fingerprint density at radius 3 is 2.04 bits per heavy atom. The molecule has 0 aromatic heterocycles. The van der Waals surface area contributed by atoms with Gasteiger partial charge in [0.1, 0.15) is 11.5 Å². The van der Waals surface area contributed by atoms with E-state index in [1.807, 2.05) is 6.92 Å². The third-order valence-corrected chi connectivity index (χ3v) is 4.61. The molecule has 1 N–H and O–H groups in total. The molecule has 0 aliphatic carbocycles. The average Bonchev–Trinajstić information content (AvgIpc) is 2.62. The SMILES string of the molecule is CCOC(=O)COc1ccc(S(=O)(=O)Nc2ccc(OCC)cc2)cc1. The lowest BCUT2D eigenvalue weighted by atomic mass is 10.3. The molecule has 0 saturated heterocycles. The van der Waals surface area contributed by atoms with Crippen LogP contribution < -0.4 is 14.2 Å². The van der Waals surface area contributed by atoms with Gasteiger partial charge >= 0.3 is 5.97 Å². The number of carbonyl (C=O) groups is 1. The van der Waals surface area contributed by atoms with E-state index in [-0.39, 0.29) is 18.1 Å². The van der Waals surface area contributed by atoms with Crippen LogP contribution in [0, 0.1) is 0 Å². The summed E-state index contributed by atoms with van der Waals surface area (Å²) in [6.45, 7) is 4.16. The Kier molecular flexibility index (Phi) is 6.85. The maximum absolute atomic E-state index is 12.4. The zero-order valence-corrected chi connectivity index (χ0v) is 15.4. The highest BCUT2D eigenvalue weighted by atomic mass is 32.2. The van der Waals surface area contributed by atoms with E-state index < -0.39 is 16.0 Å². The monoisotopic (exact) mass is 379 g/mol. The maximum atomic E-state index is 12.4. The van der Waals surface area contributed by atoms with Gasteiger partial charge in [0.15, 0.2) is 6.61 Å². The number of sulfonamides is 1. The molecule has 0 amide bonds. The minimum Gasteiger partial charge on any atom is -0.494 e. The summed E-state index contributed by atoms with van der Waals surface area (Å²) in [5, 5.41) is 0. The number of carbonyl (C=O) groups excluding carboxylic acids is 1. The summed E-state index contributed by atoms with van der Waals surface area (Å²) < 4.78 is 42.6. The van der Waals surface area contributed by atoms with E-state index in [4.69, 9.17) is 14.2 Å². The largest absolute Gasteiger partial charge is 0.494 e. The second-order valence-corrected chi connectivity index (χ2v) is 6.81. The molecule has 0 heterocycles. The molecule has 0 radical (unpaired) electrons. The van der Waals surface area contributed by atoms with E-state index in [1.54, 1.807) is 31.2 Å². The van der Waals surface area contributed by atoms with Crippen LogP contribution in [0.15, 0.2) is 53.4 Å². The van der Waals surface area contributed by atoms with Crippen LogP contribution in [0.25, 0.3) is 0 Å². The highest BCUT2D eigenvalue weighted by molar-refractivity contribution is 7.92. The standard InChI is InChI=1S/C18H21NO6S/c1-3-23-15-7-5-14(6-8-15)19-26(21,22)17-11-9-16(10-12-17)25-13-18(20)24-4-2/h5-12,19H,3-4,13H2,1-2H3. The van der Waals surface area contributed by atoms with Crippen molar-refractivity contribution >= 4 is 21.7 Å². The quantitative estimate of drug-likeness (QED) is 0.674. The second kappa shape index (κ2) is 9.10. The number of hydrogen-bond donors (Lipinski definition) is 1. The fourth-order valence-electron chi connectivity index (χ4n) is 2.06. The van der Waals surface area contributed by atoms with Crippen LogP contribution in [0.4, 0.5) is 5.69 Å². The fourth-order valence-corrected chi connectivity index (χ4v) is 3.12. The number of ether oxygens (including phenoxy) is 3. The lowest BCUT2D eigenvalue weighted by molar-refractivity contribution is -0.145. The van der Waals surface area contributed by atoms with Crippen LogP contribution in [0.3, 0.4) is 0 Å². The number of rotatable bonds is 9. The van der Waals surface area contributed by atoms with Gasteiger partial charge in [-0.05, 0) is 62.4 Å². The summed E-state index contributed by atoms with van der Waals surface area (Å²) in [5.74, 6) is 0.554. The van der Waals surface area contributed by atoms with Crippen molar-refractivity contribution in [2.75, 3.05) is 24.5 Å². The van der Waals surface area contributed by atoms with Crippen molar-refractivity contribution in [2.24, 2.45) is 0 Å². The van der Waals surface area contributed by atoms with E-state index in [0.717, 1.165) is 0 Å². The lowest BCUT2D eigenvalue weighted by Gasteiger charge is -2.10. The van der Waals surface area contributed by atoms with Crippen LogP contribution in [0.5, 0.6) is 11.5 Å². The Bertz CT molecular complexity index is 816. The molecule has 2 rings (SSSR count). The second-order valence-electron chi connectivity index (χ2n) is 5.13. The summed E-state index contributed by atoms with van der Waals surface area (Å²) in [7, 11) is -3.73. The first-order valence-corrected chi connectivity index (χ1v) is 9.57. The van der Waals surface area contributed by atoms with Gasteiger partial charge in [-0.2, -0.15) is 0 Å². The molecule has 0 spiro atoms. The molecule has 2 aromatic carbocycles. The predicted molar refractivity (Wildman–Crippen MR) is 97.0 cm³/mol. The topological polar surface area (TPSA) is 90.9 Å². The van der Waals surface area contributed by atoms with Gasteiger partial charge in [-0.15, -0.1) is 0 Å². The summed E-state index contributed by atoms with van der Waals surface area (Å²) in [4.78, 5) is 11.3. The van der Waals surface area contributed by atoms with E-state index in [2.05, 4.69) is 4.72 Å². The molecule has 7 nitrogen and oxygen atoms in total. The van der Waals surface area contributed by atoms with Crippen molar-refractivity contribution in [3.8, 4) is 11.5 Å². The lowest BCUT2D eigenvalue weighted by Crippen LogP contribution is -2.15. The van der Waals surface area contributed by atoms with Gasteiger partial charge in [-0.3, -0.25) is 4.72 Å². The van der Waals surface area contributed by atoms with E-state index >= 15 is 0 Å². The highest BCUT2D eigenvalue weighted by Gasteiger charge is 2.14. The Balaban J connectivity index is 2.01. The summed E-state index contributed by atoms with van der Waals surface area (Å²) in [5.41, 5.74) is 0.427. The smallest absolute Gasteiger partial charge is 0.344 e.